The fraction of sp³-hybridized carbons (Fsp3) is 0.579. The van der Waals surface area contributed by atoms with Gasteiger partial charge >= 0.3 is 5.97 Å². The molecule has 1 saturated heterocycles. The molecule has 0 aromatic heterocycles. The average molecular weight is 347 g/mol. The molecule has 25 heavy (non-hydrogen) atoms. The third-order valence-corrected chi connectivity index (χ3v) is 5.14. The van der Waals surface area contributed by atoms with E-state index in [1.165, 1.54) is 12.8 Å². The maximum atomic E-state index is 12.7. The number of carboxylic acid groups (broad SMARTS) is 1. The van der Waals surface area contributed by atoms with Crippen molar-refractivity contribution < 1.29 is 24.2 Å². The number of carbonyl (C=O) groups excluding carboxylic acids is 1. The monoisotopic (exact) mass is 347 g/mol. The quantitative estimate of drug-likeness (QED) is 0.886. The summed E-state index contributed by atoms with van der Waals surface area (Å²) in [6.07, 6.45) is 5.60. The third kappa shape index (κ3) is 4.06. The molecular formula is C19H25NO5. The van der Waals surface area contributed by atoms with Crippen molar-refractivity contribution in [3.8, 4) is 11.5 Å². The zero-order valence-corrected chi connectivity index (χ0v) is 14.6. The molecule has 1 aliphatic heterocycles. The van der Waals surface area contributed by atoms with E-state index >= 15 is 0 Å². The highest BCUT2D eigenvalue weighted by Gasteiger charge is 2.28. The van der Waals surface area contributed by atoms with E-state index in [2.05, 4.69) is 0 Å². The van der Waals surface area contributed by atoms with Crippen molar-refractivity contribution in [1.29, 1.82) is 0 Å². The Morgan fingerprint density at radius 2 is 1.76 bits per heavy atom. The Morgan fingerprint density at radius 3 is 2.36 bits per heavy atom. The van der Waals surface area contributed by atoms with Crippen molar-refractivity contribution in [2.24, 2.45) is 5.92 Å². The van der Waals surface area contributed by atoms with Crippen molar-refractivity contribution in [3.05, 3.63) is 23.8 Å². The number of aliphatic carboxylic acids is 1. The van der Waals surface area contributed by atoms with Crippen molar-refractivity contribution in [1.82, 2.24) is 4.90 Å². The first kappa shape index (κ1) is 17.6. The predicted octanol–water partition coefficient (Wildman–Crippen LogP) is 2.95. The van der Waals surface area contributed by atoms with Crippen LogP contribution in [0.4, 0.5) is 0 Å². The normalized spacial score (nSPS) is 19.0. The molecule has 0 spiro atoms. The molecule has 1 aromatic carbocycles. The molecule has 6 heteroatoms. The van der Waals surface area contributed by atoms with E-state index in [4.69, 9.17) is 14.6 Å². The second-order valence-corrected chi connectivity index (χ2v) is 6.79. The van der Waals surface area contributed by atoms with Gasteiger partial charge < -0.3 is 19.5 Å². The Morgan fingerprint density at radius 1 is 1.08 bits per heavy atom. The molecule has 0 bridgehead atoms. The van der Waals surface area contributed by atoms with Crippen LogP contribution in [0.5, 0.6) is 11.5 Å². The molecule has 1 heterocycles. The Hall–Kier alpha value is -2.24. The fourth-order valence-corrected chi connectivity index (χ4v) is 3.60. The van der Waals surface area contributed by atoms with Gasteiger partial charge in [0.15, 0.2) is 11.5 Å². The zero-order valence-electron chi connectivity index (χ0n) is 14.6. The molecule has 0 radical (unpaired) electrons. The van der Waals surface area contributed by atoms with E-state index in [0.717, 1.165) is 12.8 Å². The summed E-state index contributed by atoms with van der Waals surface area (Å²) >= 11 is 0. The summed E-state index contributed by atoms with van der Waals surface area (Å²) in [6, 6.07) is 5.26. The first-order valence-corrected chi connectivity index (χ1v) is 8.95. The lowest BCUT2D eigenvalue weighted by molar-refractivity contribution is -0.143. The number of methoxy groups -OCH3 is 1. The number of hydrogen-bond acceptors (Lipinski definition) is 4. The van der Waals surface area contributed by atoms with Gasteiger partial charge in [0.1, 0.15) is 0 Å². The first-order valence-electron chi connectivity index (χ1n) is 8.95. The van der Waals surface area contributed by atoms with Crippen molar-refractivity contribution in [3.63, 3.8) is 0 Å². The number of carboxylic acids is 1. The van der Waals surface area contributed by atoms with Crippen molar-refractivity contribution in [2.75, 3.05) is 20.2 Å². The summed E-state index contributed by atoms with van der Waals surface area (Å²) in [4.78, 5) is 25.5. The van der Waals surface area contributed by atoms with E-state index in [1.54, 1.807) is 30.2 Å². The van der Waals surface area contributed by atoms with Gasteiger partial charge in [-0.2, -0.15) is 0 Å². The van der Waals surface area contributed by atoms with Gasteiger partial charge in [0.05, 0.1) is 19.1 Å². The molecular weight excluding hydrogens is 322 g/mol. The Bertz CT molecular complexity index is 631. The van der Waals surface area contributed by atoms with Crippen LogP contribution in [-0.4, -0.2) is 48.2 Å². The number of likely N-dealkylation sites (tertiary alicyclic amines) is 1. The number of piperidine rings is 1. The molecule has 1 N–H and O–H groups in total. The highest BCUT2D eigenvalue weighted by molar-refractivity contribution is 5.95. The van der Waals surface area contributed by atoms with E-state index in [9.17, 15) is 9.59 Å². The van der Waals surface area contributed by atoms with Crippen LogP contribution in [0.25, 0.3) is 0 Å². The third-order valence-electron chi connectivity index (χ3n) is 5.14. The number of rotatable bonds is 5. The minimum atomic E-state index is -0.774. The van der Waals surface area contributed by atoms with Gasteiger partial charge in [0, 0.05) is 18.7 Å². The molecule has 136 valence electrons. The summed E-state index contributed by atoms with van der Waals surface area (Å²) in [5.41, 5.74) is 0.558. The van der Waals surface area contributed by atoms with Crippen LogP contribution < -0.4 is 9.47 Å². The van der Waals surface area contributed by atoms with Gasteiger partial charge in [-0.15, -0.1) is 0 Å². The first-order chi connectivity index (χ1) is 12.1. The highest BCUT2D eigenvalue weighted by atomic mass is 16.5. The lowest BCUT2D eigenvalue weighted by Crippen LogP contribution is -2.40. The van der Waals surface area contributed by atoms with Gasteiger partial charge in [-0.05, 0) is 56.7 Å². The van der Waals surface area contributed by atoms with Crippen molar-refractivity contribution in [2.45, 2.75) is 44.6 Å². The average Bonchev–Trinajstić information content (AvgIpc) is 3.14. The van der Waals surface area contributed by atoms with Gasteiger partial charge in [-0.1, -0.05) is 0 Å². The Kier molecular flexibility index (Phi) is 5.46. The van der Waals surface area contributed by atoms with E-state index in [0.29, 0.717) is 43.0 Å². The van der Waals surface area contributed by atoms with Crippen LogP contribution >= 0.6 is 0 Å². The maximum Gasteiger partial charge on any atom is 0.306 e. The minimum Gasteiger partial charge on any atom is -0.493 e. The SMILES string of the molecule is COc1ccc(C(=O)N2CCC(C(=O)O)CC2)cc1OC1CCCC1. The summed E-state index contributed by atoms with van der Waals surface area (Å²) in [7, 11) is 1.59. The Balaban J connectivity index is 1.71. The molecule has 0 unspecified atom stereocenters. The Labute approximate surface area is 147 Å². The largest absolute Gasteiger partial charge is 0.493 e. The lowest BCUT2D eigenvalue weighted by atomic mass is 9.96. The van der Waals surface area contributed by atoms with Crippen LogP contribution in [0.15, 0.2) is 18.2 Å². The van der Waals surface area contributed by atoms with Crippen LogP contribution in [0, 0.1) is 5.92 Å². The summed E-state index contributed by atoms with van der Waals surface area (Å²) in [5.74, 6) is 0.0430. The van der Waals surface area contributed by atoms with Gasteiger partial charge in [0.25, 0.3) is 5.91 Å². The number of amides is 1. The second kappa shape index (κ2) is 7.76. The van der Waals surface area contributed by atoms with E-state index < -0.39 is 5.97 Å². The molecule has 2 aliphatic rings. The summed E-state index contributed by atoms with van der Waals surface area (Å²) in [6.45, 7) is 0.946. The number of ether oxygens (including phenoxy) is 2. The molecule has 1 saturated carbocycles. The molecule has 6 nitrogen and oxygen atoms in total. The van der Waals surface area contributed by atoms with E-state index in [-0.39, 0.29) is 17.9 Å². The number of benzene rings is 1. The standard InChI is InChI=1S/C19H25NO5/c1-24-16-7-6-14(12-17(16)25-15-4-2-3-5-15)18(21)20-10-8-13(9-11-20)19(22)23/h6-7,12-13,15H,2-5,8-11H2,1H3,(H,22,23). The molecule has 2 fully saturated rings. The van der Waals surface area contributed by atoms with Crippen LogP contribution in [0.2, 0.25) is 0 Å². The lowest BCUT2D eigenvalue weighted by Gasteiger charge is -2.30. The zero-order chi connectivity index (χ0) is 17.8. The maximum absolute atomic E-state index is 12.7. The molecule has 1 amide bonds. The molecule has 1 aliphatic carbocycles. The van der Waals surface area contributed by atoms with E-state index in [1.807, 2.05) is 0 Å². The second-order valence-electron chi connectivity index (χ2n) is 6.79. The van der Waals surface area contributed by atoms with Gasteiger partial charge in [-0.3, -0.25) is 9.59 Å². The molecule has 3 rings (SSSR count). The molecule has 0 atom stereocenters. The number of hydrogen-bond donors (Lipinski definition) is 1. The number of nitrogens with zero attached hydrogens (tertiary/aromatic N) is 1. The van der Waals surface area contributed by atoms with Crippen molar-refractivity contribution >= 4 is 11.9 Å². The molecule has 1 aromatic rings. The minimum absolute atomic E-state index is 0.0808. The highest BCUT2D eigenvalue weighted by Crippen LogP contribution is 2.33. The summed E-state index contributed by atoms with van der Waals surface area (Å²) in [5, 5.41) is 9.08. The van der Waals surface area contributed by atoms with Gasteiger partial charge in [-0.25, -0.2) is 0 Å². The van der Waals surface area contributed by atoms with Crippen LogP contribution in [0.1, 0.15) is 48.9 Å². The van der Waals surface area contributed by atoms with Crippen LogP contribution in [0.3, 0.4) is 0 Å². The topological polar surface area (TPSA) is 76.1 Å². The fourth-order valence-electron chi connectivity index (χ4n) is 3.60. The predicted molar refractivity (Wildman–Crippen MR) is 92.1 cm³/mol. The van der Waals surface area contributed by atoms with Crippen LogP contribution in [-0.2, 0) is 4.79 Å². The number of carbonyl (C=O) groups is 2. The summed E-state index contributed by atoms with van der Waals surface area (Å²) < 4.78 is 11.4. The smallest absolute Gasteiger partial charge is 0.306 e. The van der Waals surface area contributed by atoms with Gasteiger partial charge in [0.2, 0.25) is 0 Å².